The van der Waals surface area contributed by atoms with Crippen molar-refractivity contribution in [3.8, 4) is 0 Å². The lowest BCUT2D eigenvalue weighted by atomic mass is 10.2. The highest BCUT2D eigenvalue weighted by atomic mass is 15.3. The van der Waals surface area contributed by atoms with E-state index in [-0.39, 0.29) is 0 Å². The van der Waals surface area contributed by atoms with E-state index in [2.05, 4.69) is 39.1 Å². The zero-order valence-corrected chi connectivity index (χ0v) is 10.7. The van der Waals surface area contributed by atoms with Gasteiger partial charge in [0.1, 0.15) is 11.6 Å². The van der Waals surface area contributed by atoms with Gasteiger partial charge in [0.25, 0.3) is 0 Å². The van der Waals surface area contributed by atoms with Crippen LogP contribution >= 0.6 is 0 Å². The minimum atomic E-state index is 0.649. The lowest BCUT2D eigenvalue weighted by Gasteiger charge is -2.22. The molecule has 0 radical (unpaired) electrons. The molecule has 0 spiro atoms. The smallest absolute Gasteiger partial charge is 0.146 e. The molecule has 0 aromatic carbocycles. The molecule has 1 aliphatic heterocycles. The van der Waals surface area contributed by atoms with E-state index in [0.29, 0.717) is 12.0 Å². The second-order valence-electron chi connectivity index (χ2n) is 5.37. The fraction of sp³-hybridized carbons (Fsp3) is 0.833. The van der Waals surface area contributed by atoms with Gasteiger partial charge in [-0.2, -0.15) is 0 Å². The van der Waals surface area contributed by atoms with Crippen molar-refractivity contribution in [3.05, 3.63) is 11.6 Å². The van der Waals surface area contributed by atoms with Gasteiger partial charge < -0.3 is 9.88 Å². The molecule has 2 fully saturated rings. The molecule has 3 rings (SSSR count). The summed E-state index contributed by atoms with van der Waals surface area (Å²) in [5, 5.41) is 12.1. The lowest BCUT2D eigenvalue weighted by Crippen LogP contribution is -2.33. The molecule has 0 bridgehead atoms. The maximum atomic E-state index is 4.34. The van der Waals surface area contributed by atoms with Crippen molar-refractivity contribution in [1.29, 1.82) is 0 Å². The molecule has 94 valence electrons. The molecule has 1 saturated carbocycles. The summed E-state index contributed by atoms with van der Waals surface area (Å²) in [6.07, 6.45) is 3.81. The number of hydrogen-bond acceptors (Lipinski definition) is 4. The third-order valence-corrected chi connectivity index (χ3v) is 3.99. The summed E-state index contributed by atoms with van der Waals surface area (Å²) in [7, 11) is 4.28. The molecule has 5 nitrogen and oxygen atoms in total. The highest BCUT2D eigenvalue weighted by Crippen LogP contribution is 2.38. The average Bonchev–Trinajstić information content (AvgIpc) is 2.89. The Morgan fingerprint density at radius 2 is 2.18 bits per heavy atom. The Bertz CT molecular complexity index is 390. The van der Waals surface area contributed by atoms with E-state index in [0.717, 1.165) is 25.5 Å². The Kier molecular flexibility index (Phi) is 2.88. The van der Waals surface area contributed by atoms with Gasteiger partial charge in [-0.15, -0.1) is 10.2 Å². The van der Waals surface area contributed by atoms with Gasteiger partial charge in [-0.05, 0) is 32.9 Å². The Morgan fingerprint density at radius 1 is 1.35 bits per heavy atom. The third-order valence-electron chi connectivity index (χ3n) is 3.99. The van der Waals surface area contributed by atoms with E-state index in [4.69, 9.17) is 0 Å². The monoisotopic (exact) mass is 235 g/mol. The summed E-state index contributed by atoms with van der Waals surface area (Å²) in [4.78, 5) is 2.39. The first-order valence-electron chi connectivity index (χ1n) is 6.55. The molecule has 2 aliphatic rings. The quantitative estimate of drug-likeness (QED) is 0.825. The van der Waals surface area contributed by atoms with Gasteiger partial charge in [-0.1, -0.05) is 0 Å². The summed E-state index contributed by atoms with van der Waals surface area (Å²) < 4.78 is 2.19. The van der Waals surface area contributed by atoms with Crippen molar-refractivity contribution >= 4 is 0 Å². The Balaban J connectivity index is 1.67. The topological polar surface area (TPSA) is 46.0 Å². The normalized spacial score (nSPS) is 24.8. The van der Waals surface area contributed by atoms with E-state index < -0.39 is 0 Å². The van der Waals surface area contributed by atoms with Gasteiger partial charge in [-0.3, -0.25) is 4.90 Å². The molecule has 1 atom stereocenters. The van der Waals surface area contributed by atoms with Gasteiger partial charge in [0.15, 0.2) is 0 Å². The molecule has 17 heavy (non-hydrogen) atoms. The Labute approximate surface area is 102 Å². The van der Waals surface area contributed by atoms with Crippen LogP contribution in [0.3, 0.4) is 0 Å². The standard InChI is InChI=1S/C12H21N5/c1-16(10-5-6-13-7-10)8-11-14-15-12(17(11)2)9-3-4-9/h9-10,13H,3-8H2,1-2H3/t10-/m0/s1. The Hall–Kier alpha value is -0.940. The molecule has 2 heterocycles. The van der Waals surface area contributed by atoms with Gasteiger partial charge in [-0.25, -0.2) is 0 Å². The minimum Gasteiger partial charge on any atom is -0.317 e. The van der Waals surface area contributed by atoms with Crippen LogP contribution in [-0.2, 0) is 13.6 Å². The zero-order chi connectivity index (χ0) is 11.8. The molecule has 5 heteroatoms. The zero-order valence-electron chi connectivity index (χ0n) is 10.7. The second kappa shape index (κ2) is 4.38. The first-order chi connectivity index (χ1) is 8.25. The van der Waals surface area contributed by atoms with Crippen molar-refractivity contribution in [3.63, 3.8) is 0 Å². The van der Waals surface area contributed by atoms with Crippen LogP contribution in [0.15, 0.2) is 0 Å². The van der Waals surface area contributed by atoms with E-state index >= 15 is 0 Å². The molecule has 1 aromatic rings. The van der Waals surface area contributed by atoms with Crippen LogP contribution in [0.1, 0.15) is 36.8 Å². The average molecular weight is 235 g/mol. The summed E-state index contributed by atoms with van der Waals surface area (Å²) in [6, 6.07) is 0.649. The van der Waals surface area contributed by atoms with Gasteiger partial charge in [0, 0.05) is 25.6 Å². The van der Waals surface area contributed by atoms with E-state index in [9.17, 15) is 0 Å². The van der Waals surface area contributed by atoms with Crippen molar-refractivity contribution in [2.75, 3.05) is 20.1 Å². The number of aromatic nitrogens is 3. The van der Waals surface area contributed by atoms with E-state index in [1.54, 1.807) is 0 Å². The maximum absolute atomic E-state index is 4.34. The van der Waals surface area contributed by atoms with Crippen molar-refractivity contribution in [2.24, 2.45) is 7.05 Å². The molecular weight excluding hydrogens is 214 g/mol. The first kappa shape index (κ1) is 11.2. The van der Waals surface area contributed by atoms with Crippen molar-refractivity contribution in [2.45, 2.75) is 37.8 Å². The van der Waals surface area contributed by atoms with Crippen LogP contribution in [0.4, 0.5) is 0 Å². The highest BCUT2D eigenvalue weighted by Gasteiger charge is 2.29. The van der Waals surface area contributed by atoms with Crippen LogP contribution in [-0.4, -0.2) is 45.8 Å². The number of rotatable bonds is 4. The van der Waals surface area contributed by atoms with Crippen molar-refractivity contribution in [1.82, 2.24) is 25.0 Å². The summed E-state index contributed by atoms with van der Waals surface area (Å²) in [6.45, 7) is 3.15. The molecular formula is C12H21N5. The lowest BCUT2D eigenvalue weighted by molar-refractivity contribution is 0.240. The molecule has 1 N–H and O–H groups in total. The maximum Gasteiger partial charge on any atom is 0.146 e. The SMILES string of the molecule is CN(Cc1nnc(C2CC2)n1C)[C@H]1CCNC1. The van der Waals surface area contributed by atoms with E-state index in [1.807, 2.05) is 0 Å². The number of likely N-dealkylation sites (N-methyl/N-ethyl adjacent to an activating group) is 1. The van der Waals surface area contributed by atoms with Gasteiger partial charge in [0.2, 0.25) is 0 Å². The van der Waals surface area contributed by atoms with Crippen LogP contribution < -0.4 is 5.32 Å². The fourth-order valence-electron chi connectivity index (χ4n) is 2.58. The van der Waals surface area contributed by atoms with E-state index in [1.165, 1.54) is 25.1 Å². The largest absolute Gasteiger partial charge is 0.317 e. The third kappa shape index (κ3) is 2.21. The van der Waals surface area contributed by atoms with Gasteiger partial charge >= 0.3 is 0 Å². The second-order valence-corrected chi connectivity index (χ2v) is 5.37. The minimum absolute atomic E-state index is 0.649. The number of nitrogens with zero attached hydrogens (tertiary/aromatic N) is 4. The van der Waals surface area contributed by atoms with Crippen LogP contribution in [0.5, 0.6) is 0 Å². The Morgan fingerprint density at radius 3 is 2.82 bits per heavy atom. The summed E-state index contributed by atoms with van der Waals surface area (Å²) >= 11 is 0. The summed E-state index contributed by atoms with van der Waals surface area (Å²) in [5.74, 6) is 2.96. The molecule has 1 aliphatic carbocycles. The molecule has 1 saturated heterocycles. The summed E-state index contributed by atoms with van der Waals surface area (Å²) in [5.41, 5.74) is 0. The highest BCUT2D eigenvalue weighted by molar-refractivity contribution is 5.07. The fourth-order valence-corrected chi connectivity index (χ4v) is 2.58. The van der Waals surface area contributed by atoms with Crippen LogP contribution in [0.2, 0.25) is 0 Å². The molecule has 0 unspecified atom stereocenters. The van der Waals surface area contributed by atoms with Crippen LogP contribution in [0.25, 0.3) is 0 Å². The predicted octanol–water partition coefficient (Wildman–Crippen LogP) is 0.486. The number of hydrogen-bond donors (Lipinski definition) is 1. The predicted molar refractivity (Wildman–Crippen MR) is 65.7 cm³/mol. The first-order valence-corrected chi connectivity index (χ1v) is 6.55. The van der Waals surface area contributed by atoms with Crippen molar-refractivity contribution < 1.29 is 0 Å². The number of nitrogens with one attached hydrogen (secondary N) is 1. The molecule has 1 aromatic heterocycles. The van der Waals surface area contributed by atoms with Gasteiger partial charge in [0.05, 0.1) is 6.54 Å². The van der Waals surface area contributed by atoms with Crippen LogP contribution in [0, 0.1) is 0 Å². The molecule has 0 amide bonds.